The number of halogens is 1. The first-order valence-corrected chi connectivity index (χ1v) is 6.17. The monoisotopic (exact) mass is 341 g/mol. The fraction of sp³-hybridized carbons (Fsp3) is 0.0909. The molecule has 0 radical (unpaired) electrons. The third-order valence-corrected chi connectivity index (χ3v) is 3.11. The minimum Gasteiger partial charge on any atom is -0.404 e. The summed E-state index contributed by atoms with van der Waals surface area (Å²) in [6, 6.07) is 7.28. The molecule has 0 atom stereocenters. The van der Waals surface area contributed by atoms with Crippen molar-refractivity contribution in [3.05, 3.63) is 60.8 Å². The van der Waals surface area contributed by atoms with Gasteiger partial charge in [-0.25, -0.2) is 0 Å². The highest BCUT2D eigenvalue weighted by Gasteiger charge is 2.14. The van der Waals surface area contributed by atoms with Crippen LogP contribution in [0.25, 0.3) is 0 Å². The van der Waals surface area contributed by atoms with Crippen LogP contribution in [0.15, 0.2) is 39.2 Å². The Labute approximate surface area is 120 Å². The summed E-state index contributed by atoms with van der Waals surface area (Å²) in [7, 11) is 0. The molecule has 20 heavy (non-hydrogen) atoms. The van der Waals surface area contributed by atoms with E-state index in [4.69, 9.17) is 4.42 Å². The first-order valence-electron chi connectivity index (χ1n) is 5.38. The lowest BCUT2D eigenvalue weighted by Gasteiger charge is -2.04. The molecule has 0 fully saturated rings. The second-order valence-corrected chi connectivity index (χ2v) is 4.63. The number of rotatable bonds is 5. The van der Waals surface area contributed by atoms with Gasteiger partial charge in [0.2, 0.25) is 0 Å². The molecule has 1 N–H and O–H groups in total. The molecule has 2 rings (SSSR count). The lowest BCUT2D eigenvalue weighted by Crippen LogP contribution is -1.99. The van der Waals surface area contributed by atoms with Crippen molar-refractivity contribution in [3.8, 4) is 0 Å². The number of furan rings is 1. The smallest absolute Gasteiger partial charge is 0.404 e. The number of nitrogens with zero attached hydrogens (tertiary/aromatic N) is 2. The predicted octanol–water partition coefficient (Wildman–Crippen LogP) is 3.47. The van der Waals surface area contributed by atoms with Crippen LogP contribution in [0.2, 0.25) is 0 Å². The molecule has 0 bridgehead atoms. The van der Waals surface area contributed by atoms with Gasteiger partial charge in [-0.2, -0.15) is 0 Å². The van der Waals surface area contributed by atoms with Gasteiger partial charge in [0.15, 0.2) is 0 Å². The highest BCUT2D eigenvalue weighted by atomic mass is 79.9. The Hall–Kier alpha value is -2.42. The van der Waals surface area contributed by atoms with Crippen LogP contribution in [0.1, 0.15) is 5.76 Å². The molecule has 1 heterocycles. The van der Waals surface area contributed by atoms with Crippen molar-refractivity contribution >= 4 is 33.2 Å². The Morgan fingerprint density at radius 3 is 2.50 bits per heavy atom. The van der Waals surface area contributed by atoms with Crippen LogP contribution in [-0.4, -0.2) is 9.85 Å². The summed E-state index contributed by atoms with van der Waals surface area (Å²) < 4.78 is 5.34. The van der Waals surface area contributed by atoms with E-state index in [2.05, 4.69) is 21.2 Å². The fourth-order valence-electron chi connectivity index (χ4n) is 1.51. The lowest BCUT2D eigenvalue weighted by molar-refractivity contribution is -0.402. The SMILES string of the molecule is O=[N+]([O-])c1ccc(CNc2ccc(Br)c([N+](=O)[O-])c2)o1. The molecular weight excluding hydrogens is 334 g/mol. The fourth-order valence-corrected chi connectivity index (χ4v) is 1.90. The Bertz CT molecular complexity index is 670. The van der Waals surface area contributed by atoms with Gasteiger partial charge in [-0.1, -0.05) is 0 Å². The van der Waals surface area contributed by atoms with Crippen molar-refractivity contribution in [1.29, 1.82) is 0 Å². The highest BCUT2D eigenvalue weighted by Crippen LogP contribution is 2.28. The van der Waals surface area contributed by atoms with E-state index in [-0.39, 0.29) is 18.1 Å². The van der Waals surface area contributed by atoms with Crippen LogP contribution in [-0.2, 0) is 6.54 Å². The molecule has 0 spiro atoms. The van der Waals surface area contributed by atoms with Gasteiger partial charge in [-0.3, -0.25) is 20.2 Å². The second-order valence-electron chi connectivity index (χ2n) is 3.77. The molecular formula is C11H8BrN3O5. The van der Waals surface area contributed by atoms with E-state index in [0.717, 1.165) is 0 Å². The molecule has 0 saturated carbocycles. The van der Waals surface area contributed by atoms with Crippen LogP contribution in [0.4, 0.5) is 17.3 Å². The number of anilines is 1. The van der Waals surface area contributed by atoms with Gasteiger partial charge in [0.1, 0.15) is 10.7 Å². The first-order chi connectivity index (χ1) is 9.47. The minimum atomic E-state index is -0.631. The van der Waals surface area contributed by atoms with Crippen molar-refractivity contribution in [2.75, 3.05) is 5.32 Å². The van der Waals surface area contributed by atoms with Gasteiger partial charge in [0, 0.05) is 11.8 Å². The standard InChI is InChI=1S/C11H8BrN3O5/c12-9-3-1-7(5-10(9)14(16)17)13-6-8-2-4-11(20-8)15(18)19/h1-5,13H,6H2. The summed E-state index contributed by atoms with van der Waals surface area (Å²) in [5.74, 6) is 0.0193. The van der Waals surface area contributed by atoms with E-state index >= 15 is 0 Å². The Morgan fingerprint density at radius 1 is 1.15 bits per heavy atom. The quantitative estimate of drug-likeness (QED) is 0.658. The Balaban J connectivity index is 2.08. The van der Waals surface area contributed by atoms with Gasteiger partial charge in [-0.15, -0.1) is 0 Å². The van der Waals surface area contributed by atoms with E-state index in [9.17, 15) is 20.2 Å². The topological polar surface area (TPSA) is 111 Å². The molecule has 104 valence electrons. The molecule has 0 aliphatic carbocycles. The number of benzene rings is 1. The molecule has 0 aliphatic heterocycles. The third kappa shape index (κ3) is 3.12. The van der Waals surface area contributed by atoms with Gasteiger partial charge >= 0.3 is 5.88 Å². The summed E-state index contributed by atoms with van der Waals surface area (Å²) in [4.78, 5) is 20.1. The minimum absolute atomic E-state index is 0.0691. The molecule has 8 nitrogen and oxygen atoms in total. The van der Waals surface area contributed by atoms with E-state index in [1.54, 1.807) is 12.1 Å². The zero-order valence-corrected chi connectivity index (χ0v) is 11.5. The van der Waals surface area contributed by atoms with E-state index in [1.807, 2.05) is 0 Å². The summed E-state index contributed by atoms with van der Waals surface area (Å²) in [6.07, 6.45) is 0. The Kier molecular flexibility index (Phi) is 3.99. The maximum atomic E-state index is 10.8. The lowest BCUT2D eigenvalue weighted by atomic mass is 10.3. The molecule has 0 saturated heterocycles. The molecule has 0 unspecified atom stereocenters. The van der Waals surface area contributed by atoms with Crippen molar-refractivity contribution in [3.63, 3.8) is 0 Å². The predicted molar refractivity (Wildman–Crippen MR) is 73.5 cm³/mol. The molecule has 2 aromatic rings. The van der Waals surface area contributed by atoms with Crippen molar-refractivity contribution in [1.82, 2.24) is 0 Å². The summed E-state index contributed by atoms with van der Waals surface area (Å²) in [6.45, 7) is 0.187. The van der Waals surface area contributed by atoms with Crippen LogP contribution >= 0.6 is 15.9 Å². The number of nitro benzene ring substituents is 1. The average molecular weight is 342 g/mol. The largest absolute Gasteiger partial charge is 0.433 e. The van der Waals surface area contributed by atoms with Crippen molar-refractivity contribution in [2.45, 2.75) is 6.54 Å². The molecule has 1 aromatic carbocycles. The maximum Gasteiger partial charge on any atom is 0.433 e. The average Bonchev–Trinajstić information content (AvgIpc) is 2.86. The number of hydrogen-bond donors (Lipinski definition) is 1. The van der Waals surface area contributed by atoms with Crippen LogP contribution in [0, 0.1) is 20.2 Å². The van der Waals surface area contributed by atoms with Crippen molar-refractivity contribution in [2.24, 2.45) is 0 Å². The maximum absolute atomic E-state index is 10.8. The molecule has 1 aromatic heterocycles. The van der Waals surface area contributed by atoms with Crippen LogP contribution < -0.4 is 5.32 Å². The van der Waals surface area contributed by atoms with Gasteiger partial charge in [0.25, 0.3) is 5.69 Å². The summed E-state index contributed by atoms with van der Waals surface area (Å²) in [5.41, 5.74) is 0.444. The van der Waals surface area contributed by atoms with Crippen LogP contribution in [0.3, 0.4) is 0 Å². The highest BCUT2D eigenvalue weighted by molar-refractivity contribution is 9.10. The third-order valence-electron chi connectivity index (χ3n) is 2.44. The zero-order chi connectivity index (χ0) is 14.7. The van der Waals surface area contributed by atoms with Gasteiger partial charge in [-0.05, 0) is 34.1 Å². The number of nitro groups is 2. The second kappa shape index (κ2) is 5.70. The number of nitrogens with one attached hydrogen (secondary N) is 1. The van der Waals surface area contributed by atoms with E-state index < -0.39 is 9.85 Å². The van der Waals surface area contributed by atoms with Crippen molar-refractivity contribution < 1.29 is 14.3 Å². The Morgan fingerprint density at radius 2 is 1.90 bits per heavy atom. The number of hydrogen-bond acceptors (Lipinski definition) is 6. The summed E-state index contributed by atoms with van der Waals surface area (Å²) >= 11 is 3.08. The van der Waals surface area contributed by atoms with E-state index in [1.165, 1.54) is 18.2 Å². The van der Waals surface area contributed by atoms with Gasteiger partial charge < -0.3 is 9.73 Å². The van der Waals surface area contributed by atoms with Crippen LogP contribution in [0.5, 0.6) is 0 Å². The van der Waals surface area contributed by atoms with E-state index in [0.29, 0.717) is 15.9 Å². The molecule has 0 amide bonds. The van der Waals surface area contributed by atoms with Gasteiger partial charge in [0.05, 0.1) is 22.0 Å². The first kappa shape index (κ1) is 14.0. The molecule has 9 heteroatoms. The normalized spacial score (nSPS) is 10.2. The molecule has 0 aliphatic rings. The summed E-state index contributed by atoms with van der Waals surface area (Å²) in [5, 5.41) is 24.1. The zero-order valence-electron chi connectivity index (χ0n) is 9.91.